The fourth-order valence-electron chi connectivity index (χ4n) is 3.88. The highest BCUT2D eigenvalue weighted by molar-refractivity contribution is 7.99. The first-order chi connectivity index (χ1) is 18.5. The standard InChI is InChI=1S/C31H28N4O2S/c1-22-8-12-25(13-9-22)30-33-34-31(35(30)27-16-10-23(2)11-17-27)38-21-29(36)32-26-14-18-28(19-15-26)37-20-24-6-4-3-5-7-24/h3-19H,20-21H2,1-2H3,(H,32,36). The molecule has 4 aromatic carbocycles. The zero-order valence-electron chi connectivity index (χ0n) is 21.3. The molecule has 1 aromatic heterocycles. The second-order valence-electron chi connectivity index (χ2n) is 8.98. The smallest absolute Gasteiger partial charge is 0.234 e. The quantitative estimate of drug-likeness (QED) is 0.215. The summed E-state index contributed by atoms with van der Waals surface area (Å²) in [5.74, 6) is 1.56. The van der Waals surface area contributed by atoms with Crippen LogP contribution < -0.4 is 10.1 Å². The number of thioether (sulfide) groups is 1. The molecule has 0 aliphatic heterocycles. The Hall–Kier alpha value is -4.36. The third-order valence-electron chi connectivity index (χ3n) is 5.95. The highest BCUT2D eigenvalue weighted by atomic mass is 32.2. The zero-order valence-corrected chi connectivity index (χ0v) is 22.1. The van der Waals surface area contributed by atoms with Gasteiger partial charge >= 0.3 is 0 Å². The third-order valence-corrected chi connectivity index (χ3v) is 6.88. The van der Waals surface area contributed by atoms with Crippen LogP contribution in [0.2, 0.25) is 0 Å². The van der Waals surface area contributed by atoms with E-state index < -0.39 is 0 Å². The molecule has 0 unspecified atom stereocenters. The molecule has 0 fully saturated rings. The lowest BCUT2D eigenvalue weighted by atomic mass is 10.1. The molecule has 38 heavy (non-hydrogen) atoms. The maximum absolute atomic E-state index is 12.8. The average Bonchev–Trinajstić information content (AvgIpc) is 3.37. The summed E-state index contributed by atoms with van der Waals surface area (Å²) in [7, 11) is 0. The number of carbonyl (C=O) groups is 1. The first kappa shape index (κ1) is 25.3. The minimum atomic E-state index is -0.122. The lowest BCUT2D eigenvalue weighted by Crippen LogP contribution is -2.14. The van der Waals surface area contributed by atoms with Crippen LogP contribution in [-0.2, 0) is 11.4 Å². The molecular weight excluding hydrogens is 492 g/mol. The van der Waals surface area contributed by atoms with Crippen LogP contribution in [-0.4, -0.2) is 26.4 Å². The Morgan fingerprint density at radius 3 is 2.16 bits per heavy atom. The van der Waals surface area contributed by atoms with E-state index in [1.807, 2.05) is 83.4 Å². The number of nitrogens with zero attached hydrogens (tertiary/aromatic N) is 3. The van der Waals surface area contributed by atoms with Gasteiger partial charge < -0.3 is 10.1 Å². The lowest BCUT2D eigenvalue weighted by molar-refractivity contribution is -0.113. The molecule has 6 nitrogen and oxygen atoms in total. The highest BCUT2D eigenvalue weighted by Gasteiger charge is 2.17. The van der Waals surface area contributed by atoms with Gasteiger partial charge in [-0.05, 0) is 55.8 Å². The van der Waals surface area contributed by atoms with E-state index in [9.17, 15) is 4.79 Å². The molecule has 190 valence electrons. The van der Waals surface area contributed by atoms with Gasteiger partial charge in [0.2, 0.25) is 5.91 Å². The van der Waals surface area contributed by atoms with Gasteiger partial charge in [-0.25, -0.2) is 0 Å². The summed E-state index contributed by atoms with van der Waals surface area (Å²) in [5, 5.41) is 12.5. The molecule has 0 saturated heterocycles. The van der Waals surface area contributed by atoms with Gasteiger partial charge in [-0.15, -0.1) is 10.2 Å². The second-order valence-corrected chi connectivity index (χ2v) is 9.92. The Morgan fingerprint density at radius 1 is 0.816 bits per heavy atom. The Labute approximate surface area is 226 Å². The van der Waals surface area contributed by atoms with E-state index in [1.54, 1.807) is 0 Å². The molecular formula is C31H28N4O2S. The SMILES string of the molecule is Cc1ccc(-c2nnc(SCC(=O)Nc3ccc(OCc4ccccc4)cc3)n2-c2ccc(C)cc2)cc1. The van der Waals surface area contributed by atoms with E-state index in [0.717, 1.165) is 28.4 Å². The Kier molecular flexibility index (Phi) is 7.85. The van der Waals surface area contributed by atoms with Gasteiger partial charge in [-0.1, -0.05) is 89.6 Å². The van der Waals surface area contributed by atoms with E-state index in [2.05, 4.69) is 53.6 Å². The first-order valence-corrected chi connectivity index (χ1v) is 13.3. The number of ether oxygens (including phenoxy) is 1. The summed E-state index contributed by atoms with van der Waals surface area (Å²) < 4.78 is 7.83. The van der Waals surface area contributed by atoms with Crippen LogP contribution in [0.4, 0.5) is 5.69 Å². The molecule has 0 saturated carbocycles. The van der Waals surface area contributed by atoms with Crippen LogP contribution in [0, 0.1) is 13.8 Å². The summed E-state index contributed by atoms with van der Waals surface area (Å²) in [5.41, 5.74) is 6.08. The molecule has 5 aromatic rings. The van der Waals surface area contributed by atoms with E-state index in [-0.39, 0.29) is 11.7 Å². The number of benzene rings is 4. The van der Waals surface area contributed by atoms with Gasteiger partial charge in [0.25, 0.3) is 0 Å². The maximum Gasteiger partial charge on any atom is 0.234 e. The number of amides is 1. The molecule has 1 amide bonds. The first-order valence-electron chi connectivity index (χ1n) is 12.3. The van der Waals surface area contributed by atoms with Crippen molar-refractivity contribution in [2.75, 3.05) is 11.1 Å². The van der Waals surface area contributed by atoms with Crippen molar-refractivity contribution in [3.05, 3.63) is 120 Å². The number of carbonyl (C=O) groups excluding carboxylic acids is 1. The number of hydrogen-bond acceptors (Lipinski definition) is 5. The maximum atomic E-state index is 12.8. The lowest BCUT2D eigenvalue weighted by Gasteiger charge is -2.11. The van der Waals surface area contributed by atoms with E-state index in [1.165, 1.54) is 22.9 Å². The molecule has 0 spiro atoms. The number of nitrogens with one attached hydrogen (secondary N) is 1. The Morgan fingerprint density at radius 2 is 1.47 bits per heavy atom. The second kappa shape index (κ2) is 11.8. The molecule has 5 rings (SSSR count). The molecule has 0 aliphatic rings. The normalized spacial score (nSPS) is 10.8. The van der Waals surface area contributed by atoms with Crippen LogP contribution in [0.3, 0.4) is 0 Å². The van der Waals surface area contributed by atoms with Crippen molar-refractivity contribution in [3.8, 4) is 22.8 Å². The average molecular weight is 521 g/mol. The van der Waals surface area contributed by atoms with Crippen molar-refractivity contribution < 1.29 is 9.53 Å². The van der Waals surface area contributed by atoms with Gasteiger partial charge in [-0.2, -0.15) is 0 Å². The predicted molar refractivity (Wildman–Crippen MR) is 153 cm³/mol. The van der Waals surface area contributed by atoms with Crippen LogP contribution in [0.15, 0.2) is 108 Å². The minimum Gasteiger partial charge on any atom is -0.489 e. The van der Waals surface area contributed by atoms with Crippen molar-refractivity contribution in [1.82, 2.24) is 14.8 Å². The fraction of sp³-hybridized carbons (Fsp3) is 0.129. The van der Waals surface area contributed by atoms with Gasteiger partial charge in [0.1, 0.15) is 12.4 Å². The summed E-state index contributed by atoms with van der Waals surface area (Å²) in [6, 6.07) is 33.8. The van der Waals surface area contributed by atoms with Crippen LogP contribution >= 0.6 is 11.8 Å². The van der Waals surface area contributed by atoms with Crippen LogP contribution in [0.5, 0.6) is 5.75 Å². The van der Waals surface area contributed by atoms with Crippen molar-refractivity contribution in [1.29, 1.82) is 0 Å². The summed E-state index contributed by atoms with van der Waals surface area (Å²) in [4.78, 5) is 12.8. The number of anilines is 1. The molecule has 7 heteroatoms. The molecule has 1 heterocycles. The van der Waals surface area contributed by atoms with Gasteiger partial charge in [0.05, 0.1) is 5.75 Å². The topological polar surface area (TPSA) is 69.0 Å². The van der Waals surface area contributed by atoms with Gasteiger partial charge in [0.15, 0.2) is 11.0 Å². The monoisotopic (exact) mass is 520 g/mol. The van der Waals surface area contributed by atoms with Crippen molar-refractivity contribution in [3.63, 3.8) is 0 Å². The summed E-state index contributed by atoms with van der Waals surface area (Å²) in [6.45, 7) is 4.61. The Balaban J connectivity index is 1.25. The Bertz CT molecular complexity index is 1500. The summed E-state index contributed by atoms with van der Waals surface area (Å²) in [6.07, 6.45) is 0. The predicted octanol–water partition coefficient (Wildman–Crippen LogP) is 6.86. The molecule has 0 aliphatic carbocycles. The van der Waals surface area contributed by atoms with Gasteiger partial charge in [-0.3, -0.25) is 9.36 Å². The van der Waals surface area contributed by atoms with Crippen molar-refractivity contribution in [2.24, 2.45) is 0 Å². The van der Waals surface area contributed by atoms with E-state index in [0.29, 0.717) is 17.5 Å². The summed E-state index contributed by atoms with van der Waals surface area (Å²) >= 11 is 1.35. The van der Waals surface area contributed by atoms with E-state index >= 15 is 0 Å². The van der Waals surface area contributed by atoms with Crippen LogP contribution in [0.25, 0.3) is 17.1 Å². The number of aromatic nitrogens is 3. The number of hydrogen-bond donors (Lipinski definition) is 1. The molecule has 0 radical (unpaired) electrons. The molecule has 0 bridgehead atoms. The fourth-order valence-corrected chi connectivity index (χ4v) is 4.63. The van der Waals surface area contributed by atoms with Crippen molar-refractivity contribution >= 4 is 23.4 Å². The van der Waals surface area contributed by atoms with Crippen LogP contribution in [0.1, 0.15) is 16.7 Å². The minimum absolute atomic E-state index is 0.122. The molecule has 1 N–H and O–H groups in total. The largest absolute Gasteiger partial charge is 0.489 e. The highest BCUT2D eigenvalue weighted by Crippen LogP contribution is 2.28. The zero-order chi connectivity index (χ0) is 26.3. The van der Waals surface area contributed by atoms with Crippen molar-refractivity contribution in [2.45, 2.75) is 25.6 Å². The molecule has 0 atom stereocenters. The van der Waals surface area contributed by atoms with E-state index in [4.69, 9.17) is 4.74 Å². The number of aryl methyl sites for hydroxylation is 2. The third kappa shape index (κ3) is 6.30. The number of rotatable bonds is 9. The van der Waals surface area contributed by atoms with Gasteiger partial charge in [0, 0.05) is 16.9 Å².